The molecule has 2 aromatic heterocycles. The largest absolute Gasteiger partial charge is 0.454 e. The molecule has 156 valence electrons. The zero-order valence-corrected chi connectivity index (χ0v) is 16.8. The van der Waals surface area contributed by atoms with Gasteiger partial charge in [-0.15, -0.1) is 0 Å². The van der Waals surface area contributed by atoms with E-state index < -0.39 is 6.08 Å². The van der Waals surface area contributed by atoms with E-state index >= 15 is 0 Å². The van der Waals surface area contributed by atoms with Crippen molar-refractivity contribution in [2.75, 3.05) is 19.1 Å². The van der Waals surface area contributed by atoms with E-state index in [2.05, 4.69) is 40.2 Å². The molecule has 1 aliphatic rings. The summed E-state index contributed by atoms with van der Waals surface area (Å²) in [5.41, 5.74) is 7.77. The van der Waals surface area contributed by atoms with Crippen LogP contribution in [0, 0.1) is 17.4 Å². The summed E-state index contributed by atoms with van der Waals surface area (Å²) >= 11 is 0. The molecule has 3 aromatic rings. The fourth-order valence-corrected chi connectivity index (χ4v) is 3.44. The maximum Gasteiger partial charge on any atom is 0.312 e. The smallest absolute Gasteiger partial charge is 0.312 e. The number of halogens is 1. The van der Waals surface area contributed by atoms with E-state index in [4.69, 9.17) is 15.2 Å². The van der Waals surface area contributed by atoms with Crippen LogP contribution in [0.3, 0.4) is 0 Å². The minimum atomic E-state index is -0.895. The average Bonchev–Trinajstić information content (AvgIpc) is 3.29. The molecule has 0 aliphatic carbocycles. The Hall–Kier alpha value is -3.45. The zero-order valence-electron chi connectivity index (χ0n) is 16.8. The number of nitrogens with two attached hydrogens (primary N) is 1. The van der Waals surface area contributed by atoms with Crippen LogP contribution in [0.2, 0.25) is 0 Å². The van der Waals surface area contributed by atoms with Gasteiger partial charge in [0.2, 0.25) is 6.79 Å². The maximum absolute atomic E-state index is 13.8. The van der Waals surface area contributed by atoms with E-state index in [9.17, 15) is 9.65 Å². The number of hydrogen-bond donors (Lipinski definition) is 2. The van der Waals surface area contributed by atoms with Gasteiger partial charge in [-0.05, 0) is 24.6 Å². The molecule has 3 heterocycles. The van der Waals surface area contributed by atoms with Gasteiger partial charge in [0.1, 0.15) is 5.82 Å². The van der Waals surface area contributed by atoms with E-state index in [0.29, 0.717) is 53.1 Å². The number of nitrogens with zero attached hydrogens (tertiary/aromatic N) is 5. The Morgan fingerprint density at radius 3 is 2.77 bits per heavy atom. The Kier molecular flexibility index (Phi) is 5.37. The van der Waals surface area contributed by atoms with Crippen molar-refractivity contribution in [2.45, 2.75) is 39.3 Å². The van der Waals surface area contributed by atoms with Crippen LogP contribution in [0.15, 0.2) is 12.1 Å². The van der Waals surface area contributed by atoms with Crippen LogP contribution in [0.25, 0.3) is 11.2 Å². The van der Waals surface area contributed by atoms with Gasteiger partial charge >= 0.3 is 6.08 Å². The Bertz CT molecular complexity index is 1140. The number of aromatic nitrogens is 4. The summed E-state index contributed by atoms with van der Waals surface area (Å²) in [6.07, 6.45) is 0.219. The fraction of sp³-hybridized carbons (Fsp3) is 0.400. The third kappa shape index (κ3) is 3.84. The summed E-state index contributed by atoms with van der Waals surface area (Å²) < 4.78 is 26.5. The van der Waals surface area contributed by atoms with Crippen molar-refractivity contribution < 1.29 is 13.9 Å². The number of benzene rings is 1. The first-order valence-corrected chi connectivity index (χ1v) is 9.70. The standard InChI is InChI=1S/C20H22FN7O2/c1-11(2)24-4-3-5-28-16(25-17-18(23)26-20(21)27-19(17)28)8-12-6-14-15(30-10-29-14)7-13(12)9-22/h6-7,11,24H,3-5,8,10H2,1-2H3,(H2,23,26,27). The van der Waals surface area contributed by atoms with Gasteiger partial charge in [0, 0.05) is 25.1 Å². The fourth-order valence-electron chi connectivity index (χ4n) is 3.44. The molecule has 0 saturated heterocycles. The number of rotatable bonds is 7. The molecule has 0 saturated carbocycles. The summed E-state index contributed by atoms with van der Waals surface area (Å²) in [5, 5.41) is 12.9. The average molecular weight is 411 g/mol. The first-order valence-electron chi connectivity index (χ1n) is 9.70. The quantitative estimate of drug-likeness (QED) is 0.448. The highest BCUT2D eigenvalue weighted by Gasteiger charge is 2.21. The van der Waals surface area contributed by atoms with Crippen molar-refractivity contribution in [1.82, 2.24) is 24.8 Å². The van der Waals surface area contributed by atoms with Gasteiger partial charge < -0.3 is 25.1 Å². The Morgan fingerprint density at radius 1 is 1.27 bits per heavy atom. The molecule has 0 atom stereocenters. The van der Waals surface area contributed by atoms with Gasteiger partial charge in [-0.25, -0.2) is 4.98 Å². The summed E-state index contributed by atoms with van der Waals surface area (Å²) in [7, 11) is 0. The third-order valence-corrected chi connectivity index (χ3v) is 4.85. The highest BCUT2D eigenvalue weighted by molar-refractivity contribution is 5.82. The lowest BCUT2D eigenvalue weighted by Crippen LogP contribution is -2.24. The summed E-state index contributed by atoms with van der Waals surface area (Å²) in [6, 6.07) is 5.99. The Balaban J connectivity index is 1.72. The minimum absolute atomic E-state index is 0.0102. The number of nitrogen functional groups attached to an aromatic ring is 1. The minimum Gasteiger partial charge on any atom is -0.454 e. The van der Waals surface area contributed by atoms with Gasteiger partial charge in [0.05, 0.1) is 11.6 Å². The molecule has 30 heavy (non-hydrogen) atoms. The van der Waals surface area contributed by atoms with Crippen molar-refractivity contribution in [2.24, 2.45) is 0 Å². The zero-order chi connectivity index (χ0) is 21.3. The molecular weight excluding hydrogens is 389 g/mol. The normalized spacial score (nSPS) is 12.6. The number of hydrogen-bond acceptors (Lipinski definition) is 8. The molecule has 3 N–H and O–H groups in total. The van der Waals surface area contributed by atoms with Crippen molar-refractivity contribution in [3.63, 3.8) is 0 Å². The summed E-state index contributed by atoms with van der Waals surface area (Å²) in [4.78, 5) is 12.1. The number of nitrogens with one attached hydrogen (secondary N) is 1. The maximum atomic E-state index is 13.8. The second kappa shape index (κ2) is 8.12. The van der Waals surface area contributed by atoms with Crippen LogP contribution >= 0.6 is 0 Å². The topological polar surface area (TPSA) is 124 Å². The van der Waals surface area contributed by atoms with Crippen molar-refractivity contribution in [1.29, 1.82) is 5.26 Å². The molecule has 0 radical (unpaired) electrons. The predicted octanol–water partition coefficient (Wildman–Crippen LogP) is 2.13. The number of imidazole rings is 1. The van der Waals surface area contributed by atoms with E-state index in [0.717, 1.165) is 18.5 Å². The molecule has 9 nitrogen and oxygen atoms in total. The van der Waals surface area contributed by atoms with Crippen molar-refractivity contribution >= 4 is 17.0 Å². The number of anilines is 1. The molecule has 1 aromatic carbocycles. The van der Waals surface area contributed by atoms with Crippen LogP contribution in [0.4, 0.5) is 10.2 Å². The molecule has 0 unspecified atom stereocenters. The van der Waals surface area contributed by atoms with E-state index in [1.165, 1.54) is 0 Å². The van der Waals surface area contributed by atoms with Crippen molar-refractivity contribution in [3.8, 4) is 17.6 Å². The van der Waals surface area contributed by atoms with Crippen LogP contribution in [-0.4, -0.2) is 38.9 Å². The van der Waals surface area contributed by atoms with Crippen LogP contribution in [0.1, 0.15) is 37.2 Å². The number of fused-ring (bicyclic) bond motifs is 2. The predicted molar refractivity (Wildman–Crippen MR) is 108 cm³/mol. The lowest BCUT2D eigenvalue weighted by Gasteiger charge is -2.12. The molecule has 1 aliphatic heterocycles. The molecule has 0 bridgehead atoms. The Morgan fingerprint density at radius 2 is 2.03 bits per heavy atom. The van der Waals surface area contributed by atoms with Gasteiger partial charge in [0.25, 0.3) is 0 Å². The van der Waals surface area contributed by atoms with Gasteiger partial charge in [0.15, 0.2) is 28.5 Å². The summed E-state index contributed by atoms with van der Waals surface area (Å²) in [6.45, 7) is 5.62. The number of aryl methyl sites for hydroxylation is 1. The third-order valence-electron chi connectivity index (χ3n) is 4.85. The van der Waals surface area contributed by atoms with Crippen molar-refractivity contribution in [3.05, 3.63) is 35.2 Å². The Labute approximate surface area is 172 Å². The lowest BCUT2D eigenvalue weighted by atomic mass is 10.0. The second-order valence-electron chi connectivity index (χ2n) is 7.34. The van der Waals surface area contributed by atoms with E-state index in [1.54, 1.807) is 12.1 Å². The lowest BCUT2D eigenvalue weighted by molar-refractivity contribution is 0.174. The van der Waals surface area contributed by atoms with Crippen LogP contribution in [0.5, 0.6) is 11.5 Å². The SMILES string of the molecule is CC(C)NCCCn1c(Cc2cc3c(cc2C#N)OCO3)nc2c(N)nc(F)nc21. The molecular formula is C20H22FN7O2. The molecule has 0 spiro atoms. The van der Waals surface area contributed by atoms with Crippen LogP contribution in [-0.2, 0) is 13.0 Å². The van der Waals surface area contributed by atoms with Gasteiger partial charge in [-0.1, -0.05) is 13.8 Å². The van der Waals surface area contributed by atoms with Gasteiger partial charge in [-0.3, -0.25) is 0 Å². The number of ether oxygens (including phenoxy) is 2. The second-order valence-corrected chi connectivity index (χ2v) is 7.34. The number of nitriles is 1. The van der Waals surface area contributed by atoms with E-state index in [1.807, 2.05) is 4.57 Å². The molecule has 4 rings (SSSR count). The van der Waals surface area contributed by atoms with Crippen LogP contribution < -0.4 is 20.5 Å². The first kappa shape index (κ1) is 19.8. The highest BCUT2D eigenvalue weighted by Crippen LogP contribution is 2.35. The van der Waals surface area contributed by atoms with E-state index in [-0.39, 0.29) is 12.6 Å². The summed E-state index contributed by atoms with van der Waals surface area (Å²) in [5.74, 6) is 1.74. The molecule has 0 fully saturated rings. The van der Waals surface area contributed by atoms with Gasteiger partial charge in [-0.2, -0.15) is 19.6 Å². The molecule has 10 heteroatoms. The first-order chi connectivity index (χ1) is 14.5. The molecule has 0 amide bonds. The monoisotopic (exact) mass is 411 g/mol. The highest BCUT2D eigenvalue weighted by atomic mass is 19.1.